The van der Waals surface area contributed by atoms with Crippen molar-refractivity contribution in [3.63, 3.8) is 0 Å². The predicted molar refractivity (Wildman–Crippen MR) is 73.3 cm³/mol. The molecule has 1 aliphatic carbocycles. The van der Waals surface area contributed by atoms with E-state index >= 15 is 0 Å². The maximum atomic E-state index is 4.39. The lowest BCUT2D eigenvalue weighted by Crippen LogP contribution is -2.06. The molecule has 1 aliphatic rings. The topological polar surface area (TPSA) is 25.8 Å². The molecule has 1 heterocycles. The lowest BCUT2D eigenvalue weighted by molar-refractivity contribution is 0.444. The van der Waals surface area contributed by atoms with Gasteiger partial charge in [0.1, 0.15) is 6.33 Å². The van der Waals surface area contributed by atoms with Crippen LogP contribution in [-0.2, 0) is 0 Å². The van der Waals surface area contributed by atoms with Gasteiger partial charge in [-0.1, -0.05) is 43.5 Å². The van der Waals surface area contributed by atoms with Gasteiger partial charge in [-0.15, -0.1) is 0 Å². The van der Waals surface area contributed by atoms with Gasteiger partial charge >= 0.3 is 0 Å². The lowest BCUT2D eigenvalue weighted by Gasteiger charge is -2.24. The minimum Gasteiger partial charge on any atom is -0.245 e. The fraction of sp³-hybridized carbons (Fsp3) is 0.375. The van der Waals surface area contributed by atoms with Gasteiger partial charge < -0.3 is 0 Å². The molecule has 1 aromatic heterocycles. The Labute approximate surface area is 108 Å². The number of rotatable bonds is 2. The zero-order chi connectivity index (χ0) is 12.2. The quantitative estimate of drug-likeness (QED) is 0.784. The van der Waals surface area contributed by atoms with Crippen LogP contribution in [0.25, 0.3) is 11.3 Å². The maximum absolute atomic E-state index is 4.39. The zero-order valence-electron chi connectivity index (χ0n) is 10.5. The smallest absolute Gasteiger partial charge is 0.116 e. The SMILES string of the molecule is c1ccc(C2CCCCC2)c(-c2ccncn2)c1. The van der Waals surface area contributed by atoms with Crippen LogP contribution in [0.3, 0.4) is 0 Å². The zero-order valence-corrected chi connectivity index (χ0v) is 10.5. The highest BCUT2D eigenvalue weighted by molar-refractivity contribution is 5.64. The van der Waals surface area contributed by atoms with E-state index in [0.29, 0.717) is 5.92 Å². The van der Waals surface area contributed by atoms with Crippen molar-refractivity contribution in [1.82, 2.24) is 9.97 Å². The average molecular weight is 238 g/mol. The van der Waals surface area contributed by atoms with Crippen molar-refractivity contribution in [2.45, 2.75) is 38.0 Å². The van der Waals surface area contributed by atoms with Gasteiger partial charge in [0, 0.05) is 11.8 Å². The van der Waals surface area contributed by atoms with Gasteiger partial charge in [0.2, 0.25) is 0 Å². The summed E-state index contributed by atoms with van der Waals surface area (Å²) in [4.78, 5) is 8.40. The first-order valence-corrected chi connectivity index (χ1v) is 6.80. The third kappa shape index (κ3) is 2.28. The van der Waals surface area contributed by atoms with Crippen LogP contribution in [0.1, 0.15) is 43.6 Å². The summed E-state index contributed by atoms with van der Waals surface area (Å²) in [6.07, 6.45) is 10.2. The van der Waals surface area contributed by atoms with E-state index in [1.807, 2.05) is 12.3 Å². The van der Waals surface area contributed by atoms with E-state index in [9.17, 15) is 0 Å². The number of nitrogens with zero attached hydrogens (tertiary/aromatic N) is 2. The standard InChI is InChI=1S/C16H18N2/c1-2-6-13(7-3-1)14-8-4-5-9-15(14)16-10-11-17-12-18-16/h4-5,8-13H,1-3,6-7H2. The summed E-state index contributed by atoms with van der Waals surface area (Å²) >= 11 is 0. The number of benzene rings is 1. The fourth-order valence-corrected chi connectivity index (χ4v) is 2.95. The third-order valence-corrected chi connectivity index (χ3v) is 3.86. The maximum Gasteiger partial charge on any atom is 0.116 e. The van der Waals surface area contributed by atoms with Crippen LogP contribution < -0.4 is 0 Å². The van der Waals surface area contributed by atoms with Gasteiger partial charge in [-0.05, 0) is 30.4 Å². The van der Waals surface area contributed by atoms with E-state index in [2.05, 4.69) is 34.2 Å². The van der Waals surface area contributed by atoms with Crippen molar-refractivity contribution in [2.24, 2.45) is 0 Å². The second kappa shape index (κ2) is 5.30. The van der Waals surface area contributed by atoms with Crippen LogP contribution in [0.4, 0.5) is 0 Å². The molecule has 0 bridgehead atoms. The molecule has 0 N–H and O–H groups in total. The van der Waals surface area contributed by atoms with Crippen molar-refractivity contribution in [3.05, 3.63) is 48.4 Å². The van der Waals surface area contributed by atoms with Crippen LogP contribution in [0.15, 0.2) is 42.9 Å². The number of hydrogen-bond acceptors (Lipinski definition) is 2. The van der Waals surface area contributed by atoms with Crippen LogP contribution >= 0.6 is 0 Å². The Hall–Kier alpha value is -1.70. The largest absolute Gasteiger partial charge is 0.245 e. The van der Waals surface area contributed by atoms with Gasteiger partial charge in [-0.25, -0.2) is 9.97 Å². The Balaban J connectivity index is 1.99. The Bertz CT molecular complexity index is 502. The van der Waals surface area contributed by atoms with Crippen LogP contribution in [-0.4, -0.2) is 9.97 Å². The van der Waals surface area contributed by atoms with Gasteiger partial charge in [-0.2, -0.15) is 0 Å². The molecule has 1 fully saturated rings. The van der Waals surface area contributed by atoms with Crippen molar-refractivity contribution < 1.29 is 0 Å². The summed E-state index contributed by atoms with van der Waals surface area (Å²) < 4.78 is 0. The second-order valence-corrected chi connectivity index (χ2v) is 5.02. The van der Waals surface area contributed by atoms with Crippen LogP contribution in [0.5, 0.6) is 0 Å². The van der Waals surface area contributed by atoms with Crippen LogP contribution in [0, 0.1) is 0 Å². The molecule has 2 heteroatoms. The highest BCUT2D eigenvalue weighted by Crippen LogP contribution is 2.37. The molecular weight excluding hydrogens is 220 g/mol. The molecule has 1 saturated carbocycles. The summed E-state index contributed by atoms with van der Waals surface area (Å²) in [5, 5.41) is 0. The lowest BCUT2D eigenvalue weighted by atomic mass is 9.81. The Morgan fingerprint density at radius 1 is 0.944 bits per heavy atom. The molecule has 1 aromatic carbocycles. The van der Waals surface area contributed by atoms with E-state index in [1.54, 1.807) is 6.33 Å². The highest BCUT2D eigenvalue weighted by atomic mass is 14.8. The van der Waals surface area contributed by atoms with Gasteiger partial charge in [0.15, 0.2) is 0 Å². The normalized spacial score (nSPS) is 16.7. The first kappa shape index (κ1) is 11.4. The summed E-state index contributed by atoms with van der Waals surface area (Å²) in [7, 11) is 0. The van der Waals surface area contributed by atoms with Gasteiger partial charge in [-0.3, -0.25) is 0 Å². The Morgan fingerprint density at radius 3 is 2.56 bits per heavy atom. The molecule has 0 radical (unpaired) electrons. The van der Waals surface area contributed by atoms with Crippen molar-refractivity contribution in [2.75, 3.05) is 0 Å². The van der Waals surface area contributed by atoms with Crippen LogP contribution in [0.2, 0.25) is 0 Å². The fourth-order valence-electron chi connectivity index (χ4n) is 2.95. The summed E-state index contributed by atoms with van der Waals surface area (Å²) in [5.74, 6) is 0.713. The molecule has 18 heavy (non-hydrogen) atoms. The molecule has 92 valence electrons. The van der Waals surface area contributed by atoms with Crippen molar-refractivity contribution in [3.8, 4) is 11.3 Å². The molecule has 0 amide bonds. The first-order chi connectivity index (χ1) is 8.95. The van der Waals surface area contributed by atoms with Crippen molar-refractivity contribution in [1.29, 1.82) is 0 Å². The van der Waals surface area contributed by atoms with E-state index < -0.39 is 0 Å². The molecule has 0 atom stereocenters. The third-order valence-electron chi connectivity index (χ3n) is 3.86. The Kier molecular flexibility index (Phi) is 3.35. The van der Waals surface area contributed by atoms with Crippen molar-refractivity contribution >= 4 is 0 Å². The average Bonchev–Trinajstić information content (AvgIpc) is 2.49. The molecule has 2 aromatic rings. The minimum atomic E-state index is 0.713. The monoisotopic (exact) mass is 238 g/mol. The Morgan fingerprint density at radius 2 is 1.78 bits per heavy atom. The predicted octanol–water partition coefficient (Wildman–Crippen LogP) is 4.19. The molecule has 0 aliphatic heterocycles. The van der Waals surface area contributed by atoms with E-state index in [1.165, 1.54) is 43.2 Å². The minimum absolute atomic E-state index is 0.713. The summed E-state index contributed by atoms with van der Waals surface area (Å²) in [6, 6.07) is 10.7. The van der Waals surface area contributed by atoms with E-state index in [4.69, 9.17) is 0 Å². The number of aromatic nitrogens is 2. The van der Waals surface area contributed by atoms with E-state index in [-0.39, 0.29) is 0 Å². The molecule has 2 nitrogen and oxygen atoms in total. The summed E-state index contributed by atoms with van der Waals surface area (Å²) in [6.45, 7) is 0. The summed E-state index contributed by atoms with van der Waals surface area (Å²) in [5.41, 5.74) is 3.80. The molecular formula is C16H18N2. The van der Waals surface area contributed by atoms with E-state index in [0.717, 1.165) is 5.69 Å². The molecule has 0 unspecified atom stereocenters. The first-order valence-electron chi connectivity index (χ1n) is 6.80. The molecule has 0 spiro atoms. The molecule has 3 rings (SSSR count). The second-order valence-electron chi connectivity index (χ2n) is 5.02. The van der Waals surface area contributed by atoms with Gasteiger partial charge in [0.25, 0.3) is 0 Å². The number of hydrogen-bond donors (Lipinski definition) is 0. The highest BCUT2D eigenvalue weighted by Gasteiger charge is 2.18. The van der Waals surface area contributed by atoms with Gasteiger partial charge in [0.05, 0.1) is 5.69 Å². The molecule has 0 saturated heterocycles.